The van der Waals surface area contributed by atoms with Gasteiger partial charge in [-0.2, -0.15) is 0 Å². The molecule has 1 saturated carbocycles. The van der Waals surface area contributed by atoms with E-state index in [1.807, 2.05) is 59.5 Å². The van der Waals surface area contributed by atoms with Gasteiger partial charge in [0.25, 0.3) is 0 Å². The van der Waals surface area contributed by atoms with Crippen molar-refractivity contribution in [1.29, 1.82) is 0 Å². The van der Waals surface area contributed by atoms with Crippen LogP contribution in [0.4, 0.5) is 0 Å². The summed E-state index contributed by atoms with van der Waals surface area (Å²) in [5, 5.41) is 11.5. The Balaban J connectivity index is 1.45. The number of amides is 2. The van der Waals surface area contributed by atoms with Gasteiger partial charge in [-0.1, -0.05) is 66.9 Å². The van der Waals surface area contributed by atoms with Gasteiger partial charge in [0.15, 0.2) is 0 Å². The van der Waals surface area contributed by atoms with Gasteiger partial charge in [0.1, 0.15) is 18.1 Å². The lowest BCUT2D eigenvalue weighted by molar-refractivity contribution is -0.145. The number of hydrogen-bond donors (Lipinski definition) is 1. The van der Waals surface area contributed by atoms with Crippen molar-refractivity contribution in [1.82, 2.24) is 25.2 Å². The van der Waals surface area contributed by atoms with Gasteiger partial charge in [-0.3, -0.25) is 9.59 Å². The lowest BCUT2D eigenvalue weighted by Gasteiger charge is -2.39. The lowest BCUT2D eigenvalue weighted by atomic mass is 9.91. The number of rotatable bonds is 8. The van der Waals surface area contributed by atoms with E-state index in [1.54, 1.807) is 4.68 Å². The fourth-order valence-corrected chi connectivity index (χ4v) is 5.35. The van der Waals surface area contributed by atoms with Gasteiger partial charge in [-0.25, -0.2) is 4.68 Å². The molecule has 2 atom stereocenters. The van der Waals surface area contributed by atoms with Gasteiger partial charge in [0.05, 0.1) is 11.6 Å². The molecule has 8 heteroatoms. The van der Waals surface area contributed by atoms with E-state index in [9.17, 15) is 9.59 Å². The van der Waals surface area contributed by atoms with Gasteiger partial charge >= 0.3 is 0 Å². The fourth-order valence-electron chi connectivity index (χ4n) is 5.35. The number of ether oxygens (including phenoxy) is 1. The van der Waals surface area contributed by atoms with Crippen LogP contribution in [0, 0.1) is 0 Å². The van der Waals surface area contributed by atoms with Crippen molar-refractivity contribution in [3.05, 3.63) is 60.2 Å². The zero-order valence-electron chi connectivity index (χ0n) is 20.0. The molecule has 184 valence electrons. The van der Waals surface area contributed by atoms with Gasteiger partial charge in [0, 0.05) is 19.2 Å². The first kappa shape index (κ1) is 23.5. The molecule has 1 N–H and O–H groups in total. The zero-order chi connectivity index (χ0) is 24.0. The second-order valence-electron chi connectivity index (χ2n) is 9.52. The largest absolute Gasteiger partial charge is 0.376 e. The monoisotopic (exact) mass is 475 g/mol. The first-order valence-corrected chi connectivity index (χ1v) is 12.7. The van der Waals surface area contributed by atoms with Crippen LogP contribution in [0.2, 0.25) is 0 Å². The molecule has 35 heavy (non-hydrogen) atoms. The highest BCUT2D eigenvalue weighted by molar-refractivity contribution is 5.89. The number of para-hydroxylation sites is 1. The maximum absolute atomic E-state index is 14.0. The second-order valence-corrected chi connectivity index (χ2v) is 9.52. The summed E-state index contributed by atoms with van der Waals surface area (Å²) >= 11 is 0. The number of fused-ring (bicyclic) bond motifs is 1. The van der Waals surface area contributed by atoms with Crippen LogP contribution in [0.3, 0.4) is 0 Å². The average Bonchev–Trinajstić information content (AvgIpc) is 3.57. The number of benzene rings is 2. The maximum Gasteiger partial charge on any atom is 0.247 e. The van der Waals surface area contributed by atoms with Crippen LogP contribution >= 0.6 is 0 Å². The third-order valence-electron chi connectivity index (χ3n) is 7.13. The smallest absolute Gasteiger partial charge is 0.247 e. The van der Waals surface area contributed by atoms with E-state index in [2.05, 4.69) is 15.6 Å². The second kappa shape index (κ2) is 11.0. The van der Waals surface area contributed by atoms with E-state index in [1.165, 1.54) is 0 Å². The van der Waals surface area contributed by atoms with Gasteiger partial charge < -0.3 is 15.0 Å². The van der Waals surface area contributed by atoms with Crippen molar-refractivity contribution >= 4 is 22.8 Å². The topological polar surface area (TPSA) is 89.4 Å². The molecule has 1 aliphatic carbocycles. The number of hydrogen-bond acceptors (Lipinski definition) is 5. The summed E-state index contributed by atoms with van der Waals surface area (Å²) in [5.41, 5.74) is 2.38. The highest BCUT2D eigenvalue weighted by atomic mass is 16.5. The molecule has 1 aromatic heterocycles. The molecule has 3 aromatic rings. The molecule has 2 heterocycles. The molecule has 2 fully saturated rings. The molecule has 2 aromatic carbocycles. The Hall–Kier alpha value is -3.26. The van der Waals surface area contributed by atoms with E-state index in [4.69, 9.17) is 4.74 Å². The van der Waals surface area contributed by atoms with Crippen LogP contribution in [0.25, 0.3) is 11.0 Å². The Bertz CT molecular complexity index is 1140. The summed E-state index contributed by atoms with van der Waals surface area (Å²) in [6.07, 6.45) is 7.06. The van der Waals surface area contributed by atoms with Crippen LogP contribution in [-0.2, 0) is 20.9 Å². The van der Waals surface area contributed by atoms with Gasteiger partial charge in [-0.05, 0) is 43.4 Å². The molecule has 5 rings (SSSR count). The minimum absolute atomic E-state index is 0.00437. The van der Waals surface area contributed by atoms with Crippen molar-refractivity contribution in [2.24, 2.45) is 0 Å². The number of nitrogens with one attached hydrogen (secondary N) is 1. The average molecular weight is 476 g/mol. The molecule has 2 amide bonds. The summed E-state index contributed by atoms with van der Waals surface area (Å²) < 4.78 is 7.35. The van der Waals surface area contributed by atoms with Crippen LogP contribution in [-0.4, -0.2) is 57.0 Å². The Morgan fingerprint density at radius 2 is 1.77 bits per heavy atom. The van der Waals surface area contributed by atoms with E-state index < -0.39 is 6.04 Å². The van der Waals surface area contributed by atoms with Crippen molar-refractivity contribution in [2.45, 2.75) is 69.7 Å². The van der Waals surface area contributed by atoms with Crippen LogP contribution in [0.1, 0.15) is 56.6 Å². The molecule has 2 aliphatic rings. The minimum atomic E-state index is -0.706. The molecular formula is C27H33N5O3. The van der Waals surface area contributed by atoms with E-state index in [-0.39, 0.29) is 30.5 Å². The lowest BCUT2D eigenvalue weighted by Crippen LogP contribution is -2.51. The maximum atomic E-state index is 14.0. The van der Waals surface area contributed by atoms with E-state index in [0.717, 1.165) is 68.1 Å². The molecule has 0 bridgehead atoms. The van der Waals surface area contributed by atoms with Crippen LogP contribution < -0.4 is 5.32 Å². The summed E-state index contributed by atoms with van der Waals surface area (Å²) in [6, 6.07) is 16.6. The number of nitrogens with zero attached hydrogens (tertiary/aromatic N) is 4. The Kier molecular flexibility index (Phi) is 7.37. The SMILES string of the molecule is O=C(NC[C@H]1CCCO1)[C@@H](c1ccccc1)N(C(=O)Cn1nnc2ccccc21)C1CCCCC1. The summed E-state index contributed by atoms with van der Waals surface area (Å²) in [6.45, 7) is 1.24. The highest BCUT2D eigenvalue weighted by Crippen LogP contribution is 2.31. The van der Waals surface area contributed by atoms with Gasteiger partial charge in [0.2, 0.25) is 11.8 Å². The first-order chi connectivity index (χ1) is 17.2. The molecule has 1 saturated heterocycles. The summed E-state index contributed by atoms with van der Waals surface area (Å²) in [7, 11) is 0. The minimum Gasteiger partial charge on any atom is -0.376 e. The molecule has 0 radical (unpaired) electrons. The summed E-state index contributed by atoms with van der Waals surface area (Å²) in [5.74, 6) is -0.275. The number of carbonyl (C=O) groups excluding carboxylic acids is 2. The fraction of sp³-hybridized carbons (Fsp3) is 0.481. The van der Waals surface area contributed by atoms with Gasteiger partial charge in [-0.15, -0.1) is 5.10 Å². The summed E-state index contributed by atoms with van der Waals surface area (Å²) in [4.78, 5) is 29.5. The highest BCUT2D eigenvalue weighted by Gasteiger charge is 2.37. The third kappa shape index (κ3) is 5.37. The molecule has 0 unspecified atom stereocenters. The zero-order valence-corrected chi connectivity index (χ0v) is 20.0. The van der Waals surface area contributed by atoms with Crippen molar-refractivity contribution in [3.8, 4) is 0 Å². The Morgan fingerprint density at radius 3 is 2.54 bits per heavy atom. The van der Waals surface area contributed by atoms with Crippen molar-refractivity contribution in [2.75, 3.05) is 13.2 Å². The number of aromatic nitrogens is 3. The normalized spacial score (nSPS) is 19.5. The molecular weight excluding hydrogens is 442 g/mol. The standard InChI is InChI=1S/C27H33N5O3/c33-25(19-31-24-16-8-7-15-23(24)29-30-31)32(21-12-5-2-6-13-21)26(20-10-3-1-4-11-20)27(34)28-18-22-14-9-17-35-22/h1,3-4,7-8,10-11,15-16,21-22,26H,2,5-6,9,12-14,17-19H2,(H,28,34)/t22-,26-/m1/s1. The third-order valence-corrected chi connectivity index (χ3v) is 7.13. The van der Waals surface area contributed by atoms with E-state index in [0.29, 0.717) is 6.54 Å². The number of carbonyl (C=O) groups is 2. The predicted molar refractivity (Wildman–Crippen MR) is 132 cm³/mol. The quantitative estimate of drug-likeness (QED) is 0.537. The van der Waals surface area contributed by atoms with Crippen LogP contribution in [0.15, 0.2) is 54.6 Å². The Morgan fingerprint density at radius 1 is 1.00 bits per heavy atom. The predicted octanol–water partition coefficient (Wildman–Crippen LogP) is 3.63. The molecule has 1 aliphatic heterocycles. The Labute approximate surface area is 205 Å². The molecule has 0 spiro atoms. The first-order valence-electron chi connectivity index (χ1n) is 12.7. The van der Waals surface area contributed by atoms with Crippen molar-refractivity contribution < 1.29 is 14.3 Å². The molecule has 8 nitrogen and oxygen atoms in total. The van der Waals surface area contributed by atoms with Crippen LogP contribution in [0.5, 0.6) is 0 Å². The van der Waals surface area contributed by atoms with Crippen molar-refractivity contribution in [3.63, 3.8) is 0 Å². The van der Waals surface area contributed by atoms with E-state index >= 15 is 0 Å².